The predicted molar refractivity (Wildman–Crippen MR) is 50.8 cm³/mol. The van der Waals surface area contributed by atoms with Gasteiger partial charge in [-0.05, 0) is 21.0 Å². The molecule has 1 aromatic heterocycles. The Morgan fingerprint density at radius 3 is 2.36 bits per heavy atom. The largest absolute Gasteiger partial charge is 0.464 e. The highest BCUT2D eigenvalue weighted by Crippen LogP contribution is 1.98. The van der Waals surface area contributed by atoms with Crippen molar-refractivity contribution < 1.29 is 14.7 Å². The highest BCUT2D eigenvalue weighted by atomic mass is 16.4. The molecule has 0 aliphatic rings. The number of imidazole rings is 1. The number of hydrogen-bond acceptors (Lipinski definition) is 4. The molecule has 1 aromatic rings. The Morgan fingerprint density at radius 2 is 2.14 bits per heavy atom. The Kier molecular flexibility index (Phi) is 5.16. The first-order valence-electron chi connectivity index (χ1n) is 3.89. The summed E-state index contributed by atoms with van der Waals surface area (Å²) < 4.78 is 0.893. The third-order valence-electron chi connectivity index (χ3n) is 1.23. The molecule has 0 atom stereocenters. The molecular weight excluding hydrogens is 186 g/mol. The van der Waals surface area contributed by atoms with E-state index in [1.165, 1.54) is 13.1 Å². The SMILES string of the molecule is CNC.Cc1nc(C=O)cn1C(=O)O. The van der Waals surface area contributed by atoms with E-state index in [9.17, 15) is 9.59 Å². The highest BCUT2D eigenvalue weighted by Gasteiger charge is 2.07. The van der Waals surface area contributed by atoms with E-state index >= 15 is 0 Å². The molecule has 0 saturated heterocycles. The standard InChI is InChI=1S/C6H6N2O3.C2H7N/c1-4-7-5(3-9)2-8(4)6(10)11;1-3-2/h2-3H,1H3,(H,10,11);3H,1-2H3. The topological polar surface area (TPSA) is 84.2 Å². The van der Waals surface area contributed by atoms with E-state index in [-0.39, 0.29) is 5.69 Å². The van der Waals surface area contributed by atoms with E-state index in [2.05, 4.69) is 10.3 Å². The van der Waals surface area contributed by atoms with Gasteiger partial charge in [-0.1, -0.05) is 0 Å². The van der Waals surface area contributed by atoms with Crippen LogP contribution in [0, 0.1) is 6.92 Å². The van der Waals surface area contributed by atoms with Gasteiger partial charge in [-0.15, -0.1) is 0 Å². The Labute approximate surface area is 81.6 Å². The van der Waals surface area contributed by atoms with Gasteiger partial charge in [0.05, 0.1) is 0 Å². The van der Waals surface area contributed by atoms with Gasteiger partial charge in [-0.2, -0.15) is 0 Å². The summed E-state index contributed by atoms with van der Waals surface area (Å²) in [4.78, 5) is 24.1. The molecule has 0 spiro atoms. The number of carboxylic acid groups (broad SMARTS) is 1. The van der Waals surface area contributed by atoms with E-state index in [0.29, 0.717) is 12.1 Å². The Bertz CT molecular complexity index is 320. The number of carbonyl (C=O) groups excluding carboxylic acids is 1. The van der Waals surface area contributed by atoms with Crippen LogP contribution in [0.4, 0.5) is 4.79 Å². The molecule has 0 fully saturated rings. The zero-order valence-electron chi connectivity index (χ0n) is 8.31. The van der Waals surface area contributed by atoms with E-state index in [1.807, 2.05) is 14.1 Å². The molecule has 0 aliphatic carbocycles. The normalized spacial score (nSPS) is 8.79. The van der Waals surface area contributed by atoms with E-state index in [0.717, 1.165) is 4.57 Å². The van der Waals surface area contributed by atoms with E-state index < -0.39 is 6.09 Å². The lowest BCUT2D eigenvalue weighted by Crippen LogP contribution is -2.07. The van der Waals surface area contributed by atoms with Crippen molar-refractivity contribution in [1.29, 1.82) is 0 Å². The van der Waals surface area contributed by atoms with Crippen LogP contribution >= 0.6 is 0 Å². The monoisotopic (exact) mass is 199 g/mol. The average Bonchev–Trinajstić information content (AvgIpc) is 2.48. The lowest BCUT2D eigenvalue weighted by atomic mass is 10.5. The van der Waals surface area contributed by atoms with Crippen molar-refractivity contribution in [2.75, 3.05) is 14.1 Å². The summed E-state index contributed by atoms with van der Waals surface area (Å²) in [7, 11) is 3.75. The van der Waals surface area contributed by atoms with Crippen LogP contribution in [0.5, 0.6) is 0 Å². The number of rotatable bonds is 1. The Morgan fingerprint density at radius 1 is 1.64 bits per heavy atom. The summed E-state index contributed by atoms with van der Waals surface area (Å²) in [6.07, 6.45) is 0.542. The molecule has 1 heterocycles. The quantitative estimate of drug-likeness (QED) is 0.638. The van der Waals surface area contributed by atoms with Gasteiger partial charge in [-0.3, -0.25) is 4.79 Å². The van der Waals surface area contributed by atoms with Gasteiger partial charge in [0.2, 0.25) is 0 Å². The molecule has 0 amide bonds. The summed E-state index contributed by atoms with van der Waals surface area (Å²) >= 11 is 0. The number of carbonyl (C=O) groups is 2. The summed E-state index contributed by atoms with van der Waals surface area (Å²) in [5.74, 6) is 0.291. The fraction of sp³-hybridized carbons (Fsp3) is 0.375. The van der Waals surface area contributed by atoms with Crippen molar-refractivity contribution >= 4 is 12.4 Å². The van der Waals surface area contributed by atoms with Crippen LogP contribution in [-0.4, -0.2) is 41.1 Å². The lowest BCUT2D eigenvalue weighted by Gasteiger charge is -1.92. The number of aromatic nitrogens is 2. The van der Waals surface area contributed by atoms with Crippen LogP contribution in [0.1, 0.15) is 16.3 Å². The second kappa shape index (κ2) is 5.87. The van der Waals surface area contributed by atoms with Crippen LogP contribution in [-0.2, 0) is 0 Å². The van der Waals surface area contributed by atoms with Gasteiger partial charge in [0.1, 0.15) is 11.5 Å². The molecule has 0 saturated carbocycles. The first-order chi connectivity index (χ1) is 6.56. The molecule has 0 aromatic carbocycles. The Balaban J connectivity index is 0.000000500. The smallest absolute Gasteiger partial charge is 0.417 e. The van der Waals surface area contributed by atoms with Gasteiger partial charge < -0.3 is 10.4 Å². The lowest BCUT2D eigenvalue weighted by molar-refractivity contribution is 0.111. The maximum Gasteiger partial charge on any atom is 0.417 e. The zero-order chi connectivity index (χ0) is 11.1. The van der Waals surface area contributed by atoms with E-state index in [4.69, 9.17) is 5.11 Å². The maximum absolute atomic E-state index is 10.4. The first kappa shape index (κ1) is 12.3. The fourth-order valence-corrected chi connectivity index (χ4v) is 0.746. The molecule has 78 valence electrons. The zero-order valence-corrected chi connectivity index (χ0v) is 8.31. The van der Waals surface area contributed by atoms with Gasteiger partial charge in [-0.25, -0.2) is 14.3 Å². The van der Waals surface area contributed by atoms with Crippen LogP contribution in [0.15, 0.2) is 6.20 Å². The maximum atomic E-state index is 10.4. The minimum atomic E-state index is -1.14. The van der Waals surface area contributed by atoms with Gasteiger partial charge in [0, 0.05) is 6.20 Å². The molecule has 0 bridgehead atoms. The highest BCUT2D eigenvalue weighted by molar-refractivity contribution is 5.75. The molecule has 6 heteroatoms. The van der Waals surface area contributed by atoms with E-state index in [1.54, 1.807) is 0 Å². The van der Waals surface area contributed by atoms with Crippen molar-refractivity contribution in [2.45, 2.75) is 6.92 Å². The van der Waals surface area contributed by atoms with Gasteiger partial charge >= 0.3 is 6.09 Å². The summed E-state index contributed by atoms with van der Waals surface area (Å²) in [6, 6.07) is 0. The van der Waals surface area contributed by atoms with Crippen molar-refractivity contribution in [3.63, 3.8) is 0 Å². The number of aldehydes is 1. The fourth-order valence-electron chi connectivity index (χ4n) is 0.746. The van der Waals surface area contributed by atoms with Crippen molar-refractivity contribution in [3.8, 4) is 0 Å². The minimum absolute atomic E-state index is 0.130. The number of nitrogens with one attached hydrogen (secondary N) is 1. The number of nitrogens with zero attached hydrogens (tertiary/aromatic N) is 2. The summed E-state index contributed by atoms with van der Waals surface area (Å²) in [6.45, 7) is 1.52. The van der Waals surface area contributed by atoms with Crippen molar-refractivity contribution in [2.24, 2.45) is 0 Å². The number of aryl methyl sites for hydroxylation is 1. The molecule has 1 rings (SSSR count). The molecule has 0 radical (unpaired) electrons. The van der Waals surface area contributed by atoms with Crippen molar-refractivity contribution in [1.82, 2.24) is 14.9 Å². The second-order valence-electron chi connectivity index (χ2n) is 2.48. The molecule has 0 unspecified atom stereocenters. The summed E-state index contributed by atoms with van der Waals surface area (Å²) in [5.41, 5.74) is 0.130. The molecule has 14 heavy (non-hydrogen) atoms. The van der Waals surface area contributed by atoms with Crippen LogP contribution in [0.25, 0.3) is 0 Å². The first-order valence-corrected chi connectivity index (χ1v) is 3.89. The molecule has 0 aliphatic heterocycles. The second-order valence-corrected chi connectivity index (χ2v) is 2.48. The molecular formula is C8H13N3O3. The average molecular weight is 199 g/mol. The number of hydrogen-bond donors (Lipinski definition) is 2. The third-order valence-corrected chi connectivity index (χ3v) is 1.23. The molecule has 2 N–H and O–H groups in total. The van der Waals surface area contributed by atoms with Gasteiger partial charge in [0.25, 0.3) is 0 Å². The molecule has 6 nitrogen and oxygen atoms in total. The Hall–Kier alpha value is -1.69. The predicted octanol–water partition coefficient (Wildman–Crippen LogP) is 0.366. The van der Waals surface area contributed by atoms with Crippen LogP contribution in [0.2, 0.25) is 0 Å². The summed E-state index contributed by atoms with van der Waals surface area (Å²) in [5, 5.41) is 11.2. The minimum Gasteiger partial charge on any atom is -0.464 e. The van der Waals surface area contributed by atoms with Crippen LogP contribution < -0.4 is 5.32 Å². The van der Waals surface area contributed by atoms with Crippen molar-refractivity contribution in [3.05, 3.63) is 17.7 Å². The van der Waals surface area contributed by atoms with Crippen LogP contribution in [0.3, 0.4) is 0 Å². The third kappa shape index (κ3) is 3.36. The van der Waals surface area contributed by atoms with Gasteiger partial charge in [0.15, 0.2) is 6.29 Å².